The molecule has 3 fully saturated rings. The Hall–Kier alpha value is -1.34. The summed E-state index contributed by atoms with van der Waals surface area (Å²) in [7, 11) is 1.46. The monoisotopic (exact) mass is 352 g/mol. The van der Waals surface area contributed by atoms with Crippen LogP contribution in [0, 0.1) is 11.8 Å². The van der Waals surface area contributed by atoms with Gasteiger partial charge in [0.1, 0.15) is 0 Å². The minimum atomic E-state index is -0.124. The van der Waals surface area contributed by atoms with E-state index >= 15 is 0 Å². The summed E-state index contributed by atoms with van der Waals surface area (Å²) in [6, 6.07) is 0.619. The van der Waals surface area contributed by atoms with Gasteiger partial charge in [0.25, 0.3) is 0 Å². The van der Waals surface area contributed by atoms with Crippen LogP contribution in [0.4, 0.5) is 0 Å². The lowest BCUT2D eigenvalue weighted by molar-refractivity contribution is -0.145. The first-order chi connectivity index (χ1) is 12.1. The Labute approximate surface area is 150 Å². The van der Waals surface area contributed by atoms with Crippen LogP contribution in [-0.4, -0.2) is 86.9 Å². The number of aliphatic imine (C=N–C) groups is 1. The zero-order valence-electron chi connectivity index (χ0n) is 15.7. The SMILES string of the molecule is CCNC(=NCC1CN2CCCC2CO1)N1CC(C)C(C(=O)OC)C1. The summed E-state index contributed by atoms with van der Waals surface area (Å²) in [4.78, 5) is 21.5. The highest BCUT2D eigenvalue weighted by atomic mass is 16.5. The number of rotatable bonds is 4. The van der Waals surface area contributed by atoms with Gasteiger partial charge >= 0.3 is 5.97 Å². The summed E-state index contributed by atoms with van der Waals surface area (Å²) in [6.45, 7) is 10.1. The summed E-state index contributed by atoms with van der Waals surface area (Å²) in [6.07, 6.45) is 2.71. The molecule has 0 spiro atoms. The second kappa shape index (κ2) is 8.36. The highest BCUT2D eigenvalue weighted by molar-refractivity contribution is 5.82. The van der Waals surface area contributed by atoms with Crippen LogP contribution in [0.25, 0.3) is 0 Å². The molecule has 4 atom stereocenters. The lowest BCUT2D eigenvalue weighted by atomic mass is 9.99. The minimum absolute atomic E-state index is 0.0786. The Morgan fingerprint density at radius 1 is 1.36 bits per heavy atom. The van der Waals surface area contributed by atoms with Crippen LogP contribution in [0.15, 0.2) is 4.99 Å². The van der Waals surface area contributed by atoms with Gasteiger partial charge in [-0.05, 0) is 32.2 Å². The van der Waals surface area contributed by atoms with E-state index in [4.69, 9.17) is 14.5 Å². The van der Waals surface area contributed by atoms with Crippen LogP contribution < -0.4 is 5.32 Å². The topological polar surface area (TPSA) is 66.4 Å². The van der Waals surface area contributed by atoms with Crippen molar-refractivity contribution in [2.75, 3.05) is 53.0 Å². The summed E-state index contributed by atoms with van der Waals surface area (Å²) in [5.41, 5.74) is 0. The molecule has 3 saturated heterocycles. The standard InChI is InChI=1S/C18H32N4O3/c1-4-19-18(22-9-13(2)16(11-22)17(23)24-3)20-8-15-10-21-7-5-6-14(21)12-25-15/h13-16H,4-12H2,1-3H3,(H,19,20). The van der Waals surface area contributed by atoms with E-state index in [1.165, 1.54) is 26.5 Å². The number of hydrogen-bond acceptors (Lipinski definition) is 5. The molecule has 7 nitrogen and oxygen atoms in total. The van der Waals surface area contributed by atoms with Crippen LogP contribution in [0.1, 0.15) is 26.7 Å². The molecular formula is C18H32N4O3. The van der Waals surface area contributed by atoms with Crippen LogP contribution >= 0.6 is 0 Å². The van der Waals surface area contributed by atoms with Crippen molar-refractivity contribution in [2.45, 2.75) is 38.8 Å². The van der Waals surface area contributed by atoms with E-state index in [-0.39, 0.29) is 23.9 Å². The van der Waals surface area contributed by atoms with E-state index in [2.05, 4.69) is 29.0 Å². The smallest absolute Gasteiger partial charge is 0.310 e. The number of likely N-dealkylation sites (tertiary alicyclic amines) is 1. The first-order valence-electron chi connectivity index (χ1n) is 9.59. The zero-order chi connectivity index (χ0) is 17.8. The Morgan fingerprint density at radius 2 is 2.20 bits per heavy atom. The molecule has 4 unspecified atom stereocenters. The predicted molar refractivity (Wildman–Crippen MR) is 96.6 cm³/mol. The molecule has 7 heteroatoms. The maximum absolute atomic E-state index is 11.9. The van der Waals surface area contributed by atoms with Gasteiger partial charge in [-0.1, -0.05) is 6.92 Å². The van der Waals surface area contributed by atoms with Gasteiger partial charge in [-0.2, -0.15) is 0 Å². The summed E-state index contributed by atoms with van der Waals surface area (Å²) in [5.74, 6) is 0.951. The Bertz CT molecular complexity index is 499. The van der Waals surface area contributed by atoms with Crippen LogP contribution in [0.5, 0.6) is 0 Å². The van der Waals surface area contributed by atoms with Gasteiger partial charge < -0.3 is 19.7 Å². The summed E-state index contributed by atoms with van der Waals surface area (Å²) < 4.78 is 10.9. The van der Waals surface area contributed by atoms with Gasteiger partial charge in [0, 0.05) is 32.2 Å². The van der Waals surface area contributed by atoms with Gasteiger partial charge in [-0.15, -0.1) is 0 Å². The van der Waals surface area contributed by atoms with Gasteiger partial charge in [0.2, 0.25) is 0 Å². The lowest BCUT2D eigenvalue weighted by Crippen LogP contribution is -2.48. The number of guanidine groups is 1. The normalized spacial score (nSPS) is 33.4. The number of ether oxygens (including phenoxy) is 2. The number of hydrogen-bond donors (Lipinski definition) is 1. The van der Waals surface area contributed by atoms with Crippen LogP contribution in [0.2, 0.25) is 0 Å². The third-order valence-corrected chi connectivity index (χ3v) is 5.66. The Balaban J connectivity index is 1.59. The molecule has 3 rings (SSSR count). The van der Waals surface area contributed by atoms with E-state index in [1.54, 1.807) is 0 Å². The number of nitrogens with zero attached hydrogens (tertiary/aromatic N) is 3. The van der Waals surface area contributed by atoms with Gasteiger partial charge in [0.15, 0.2) is 5.96 Å². The summed E-state index contributed by atoms with van der Waals surface area (Å²) in [5, 5.41) is 3.36. The number of fused-ring (bicyclic) bond motifs is 1. The first-order valence-corrected chi connectivity index (χ1v) is 9.59. The molecule has 3 aliphatic heterocycles. The molecule has 0 aliphatic carbocycles. The highest BCUT2D eigenvalue weighted by Crippen LogP contribution is 2.25. The van der Waals surface area contributed by atoms with Gasteiger partial charge in [-0.3, -0.25) is 14.7 Å². The van der Waals surface area contributed by atoms with Crippen molar-refractivity contribution in [3.05, 3.63) is 0 Å². The third kappa shape index (κ3) is 4.26. The van der Waals surface area contributed by atoms with E-state index in [0.717, 1.165) is 32.2 Å². The fourth-order valence-corrected chi connectivity index (χ4v) is 4.21. The molecule has 0 amide bonds. The number of carbonyl (C=O) groups is 1. The van der Waals surface area contributed by atoms with Crippen LogP contribution in [-0.2, 0) is 14.3 Å². The molecule has 142 valence electrons. The number of esters is 1. The average Bonchev–Trinajstić information content (AvgIpc) is 3.23. The fourth-order valence-electron chi connectivity index (χ4n) is 4.21. The maximum Gasteiger partial charge on any atom is 0.310 e. The third-order valence-electron chi connectivity index (χ3n) is 5.66. The van der Waals surface area contributed by atoms with E-state index in [0.29, 0.717) is 19.1 Å². The lowest BCUT2D eigenvalue weighted by Gasteiger charge is -2.34. The molecule has 0 radical (unpaired) electrons. The van der Waals surface area contributed by atoms with Gasteiger partial charge in [-0.25, -0.2) is 0 Å². The molecular weight excluding hydrogens is 320 g/mol. The Morgan fingerprint density at radius 3 is 2.96 bits per heavy atom. The number of methoxy groups -OCH3 is 1. The van der Waals surface area contributed by atoms with Crippen molar-refractivity contribution in [1.82, 2.24) is 15.1 Å². The van der Waals surface area contributed by atoms with Crippen molar-refractivity contribution in [3.8, 4) is 0 Å². The maximum atomic E-state index is 11.9. The van der Waals surface area contributed by atoms with Crippen molar-refractivity contribution < 1.29 is 14.3 Å². The van der Waals surface area contributed by atoms with E-state index in [9.17, 15) is 4.79 Å². The minimum Gasteiger partial charge on any atom is -0.469 e. The van der Waals surface area contributed by atoms with Crippen LogP contribution in [0.3, 0.4) is 0 Å². The number of nitrogens with one attached hydrogen (secondary N) is 1. The molecule has 3 heterocycles. The van der Waals surface area contributed by atoms with Crippen molar-refractivity contribution in [1.29, 1.82) is 0 Å². The first kappa shape index (κ1) is 18.5. The fraction of sp³-hybridized carbons (Fsp3) is 0.889. The van der Waals surface area contributed by atoms with E-state index < -0.39 is 0 Å². The molecule has 0 aromatic carbocycles. The molecule has 0 aromatic heterocycles. The number of morpholine rings is 1. The molecule has 0 bridgehead atoms. The predicted octanol–water partition coefficient (Wildman–Crippen LogP) is 0.556. The molecule has 0 saturated carbocycles. The second-order valence-electron chi connectivity index (χ2n) is 7.45. The Kier molecular flexibility index (Phi) is 6.17. The zero-order valence-corrected chi connectivity index (χ0v) is 15.7. The second-order valence-corrected chi connectivity index (χ2v) is 7.45. The molecule has 3 aliphatic rings. The quantitative estimate of drug-likeness (QED) is 0.453. The average molecular weight is 352 g/mol. The number of carbonyl (C=O) groups excluding carboxylic acids is 1. The van der Waals surface area contributed by atoms with Gasteiger partial charge in [0.05, 0.1) is 32.3 Å². The van der Waals surface area contributed by atoms with Crippen molar-refractivity contribution in [3.63, 3.8) is 0 Å². The molecule has 25 heavy (non-hydrogen) atoms. The summed E-state index contributed by atoms with van der Waals surface area (Å²) >= 11 is 0. The highest BCUT2D eigenvalue weighted by Gasteiger charge is 2.37. The molecule has 0 aromatic rings. The largest absolute Gasteiger partial charge is 0.469 e. The van der Waals surface area contributed by atoms with Crippen molar-refractivity contribution >= 4 is 11.9 Å². The van der Waals surface area contributed by atoms with Crippen molar-refractivity contribution in [2.24, 2.45) is 16.8 Å². The molecule has 1 N–H and O–H groups in total. The van der Waals surface area contributed by atoms with E-state index in [1.807, 2.05) is 0 Å².